The van der Waals surface area contributed by atoms with Crippen LogP contribution in [0.3, 0.4) is 0 Å². The summed E-state index contributed by atoms with van der Waals surface area (Å²) in [6, 6.07) is 10.7. The number of halogens is 3. The minimum absolute atomic E-state index is 0.0707. The average Bonchev–Trinajstić information content (AvgIpc) is 2.66. The molecule has 0 saturated carbocycles. The van der Waals surface area contributed by atoms with Gasteiger partial charge in [-0.15, -0.1) is 0 Å². The summed E-state index contributed by atoms with van der Waals surface area (Å²) in [7, 11) is -3.21. The highest BCUT2D eigenvalue weighted by Gasteiger charge is 2.34. The first-order chi connectivity index (χ1) is 9.88. The lowest BCUT2D eigenvalue weighted by atomic mass is 10.1. The Morgan fingerprint density at radius 1 is 1.05 bits per heavy atom. The SMILES string of the molecule is O=S1(=O)CC(Nc2c(Br)cc(Br)cc2Br)c2ccccc21. The van der Waals surface area contributed by atoms with Gasteiger partial charge in [0.2, 0.25) is 0 Å². The van der Waals surface area contributed by atoms with Gasteiger partial charge in [-0.05, 0) is 55.6 Å². The van der Waals surface area contributed by atoms with Gasteiger partial charge in [0.05, 0.1) is 22.4 Å². The summed E-state index contributed by atoms with van der Waals surface area (Å²) in [6.07, 6.45) is 0. The number of nitrogens with one attached hydrogen (secondary N) is 1. The number of benzene rings is 2. The third kappa shape index (κ3) is 2.93. The molecule has 0 aliphatic carbocycles. The summed E-state index contributed by atoms with van der Waals surface area (Å²) in [5.41, 5.74) is 1.66. The Morgan fingerprint density at radius 3 is 2.33 bits per heavy atom. The number of fused-ring (bicyclic) bond motifs is 1. The second-order valence-corrected chi connectivity index (χ2v) is 9.39. The standard InChI is InChI=1S/C14H10Br3NO2S/c15-8-5-10(16)14(11(17)6-8)18-12-7-21(19,20)13-4-2-1-3-9(12)13/h1-6,12,18H,7H2. The molecule has 0 saturated heterocycles. The Bertz CT molecular complexity index is 798. The van der Waals surface area contributed by atoms with Crippen LogP contribution < -0.4 is 5.32 Å². The van der Waals surface area contributed by atoms with E-state index >= 15 is 0 Å². The molecule has 0 amide bonds. The van der Waals surface area contributed by atoms with Crippen LogP contribution in [-0.4, -0.2) is 14.2 Å². The highest BCUT2D eigenvalue weighted by Crippen LogP contribution is 2.40. The first kappa shape index (κ1) is 15.5. The zero-order valence-corrected chi connectivity index (χ0v) is 16.2. The lowest BCUT2D eigenvalue weighted by Crippen LogP contribution is -2.13. The van der Waals surface area contributed by atoms with E-state index in [2.05, 4.69) is 53.1 Å². The smallest absolute Gasteiger partial charge is 0.181 e. The van der Waals surface area contributed by atoms with Gasteiger partial charge in [-0.1, -0.05) is 34.1 Å². The van der Waals surface area contributed by atoms with E-state index < -0.39 is 9.84 Å². The van der Waals surface area contributed by atoms with Crippen molar-refractivity contribution in [2.24, 2.45) is 0 Å². The van der Waals surface area contributed by atoms with Gasteiger partial charge in [0.1, 0.15) is 0 Å². The summed E-state index contributed by atoms with van der Waals surface area (Å²) in [4.78, 5) is 0.423. The van der Waals surface area contributed by atoms with E-state index in [-0.39, 0.29) is 11.8 Å². The largest absolute Gasteiger partial charge is 0.375 e. The highest BCUT2D eigenvalue weighted by molar-refractivity contribution is 9.11. The van der Waals surface area contributed by atoms with Crippen molar-refractivity contribution in [1.82, 2.24) is 0 Å². The van der Waals surface area contributed by atoms with Crippen LogP contribution in [0.15, 0.2) is 54.7 Å². The van der Waals surface area contributed by atoms with Crippen molar-refractivity contribution in [3.8, 4) is 0 Å². The van der Waals surface area contributed by atoms with Crippen molar-refractivity contribution in [3.05, 3.63) is 55.4 Å². The van der Waals surface area contributed by atoms with Crippen molar-refractivity contribution in [2.75, 3.05) is 11.1 Å². The number of hydrogen-bond acceptors (Lipinski definition) is 3. The molecular formula is C14H10Br3NO2S. The van der Waals surface area contributed by atoms with Crippen molar-refractivity contribution in [3.63, 3.8) is 0 Å². The first-order valence-corrected chi connectivity index (χ1v) is 10.1. The fourth-order valence-corrected chi connectivity index (χ4v) is 6.65. The maximum atomic E-state index is 12.2. The Morgan fingerprint density at radius 2 is 1.67 bits per heavy atom. The van der Waals surface area contributed by atoms with Crippen molar-refractivity contribution in [2.45, 2.75) is 10.9 Å². The van der Waals surface area contributed by atoms with Gasteiger partial charge < -0.3 is 5.32 Å². The number of hydrogen-bond donors (Lipinski definition) is 1. The average molecular weight is 496 g/mol. The molecule has 1 heterocycles. The Labute approximate surface area is 148 Å². The summed E-state index contributed by atoms with van der Waals surface area (Å²) in [6.45, 7) is 0. The molecule has 0 aromatic heterocycles. The zero-order chi connectivity index (χ0) is 15.2. The predicted octanol–water partition coefficient (Wildman–Crippen LogP) is 4.91. The van der Waals surface area contributed by atoms with E-state index in [1.807, 2.05) is 24.3 Å². The molecule has 0 radical (unpaired) electrons. The molecule has 0 fully saturated rings. The summed E-state index contributed by atoms with van der Waals surface area (Å²) >= 11 is 10.4. The van der Waals surface area contributed by atoms with E-state index in [1.165, 1.54) is 0 Å². The Hall–Kier alpha value is -0.370. The topological polar surface area (TPSA) is 46.2 Å². The molecular weight excluding hydrogens is 486 g/mol. The van der Waals surface area contributed by atoms with Crippen LogP contribution in [0.25, 0.3) is 0 Å². The van der Waals surface area contributed by atoms with Crippen LogP contribution in [-0.2, 0) is 9.84 Å². The normalized spacial score (nSPS) is 19.3. The summed E-state index contributed by atoms with van der Waals surface area (Å²) < 4.78 is 27.1. The monoisotopic (exact) mass is 493 g/mol. The van der Waals surface area contributed by atoms with Crippen molar-refractivity contribution < 1.29 is 8.42 Å². The van der Waals surface area contributed by atoms with Gasteiger partial charge in [-0.2, -0.15) is 0 Å². The Balaban J connectivity index is 2.02. The van der Waals surface area contributed by atoms with Crippen molar-refractivity contribution >= 4 is 63.3 Å². The second-order valence-electron chi connectivity index (χ2n) is 4.76. The molecule has 3 nitrogen and oxygen atoms in total. The third-order valence-electron chi connectivity index (χ3n) is 3.34. The lowest BCUT2D eigenvalue weighted by molar-refractivity contribution is 0.598. The van der Waals surface area contributed by atoms with Crippen LogP contribution in [0, 0.1) is 0 Å². The molecule has 110 valence electrons. The molecule has 0 spiro atoms. The van der Waals surface area contributed by atoms with Gasteiger partial charge in [0.15, 0.2) is 9.84 Å². The highest BCUT2D eigenvalue weighted by atomic mass is 79.9. The van der Waals surface area contributed by atoms with Gasteiger partial charge in [-0.3, -0.25) is 0 Å². The summed E-state index contributed by atoms with van der Waals surface area (Å²) in [5, 5.41) is 3.32. The third-order valence-corrected chi connectivity index (χ3v) is 6.86. The molecule has 1 N–H and O–H groups in total. The molecule has 1 aliphatic heterocycles. The molecule has 0 bridgehead atoms. The zero-order valence-electron chi connectivity index (χ0n) is 10.6. The molecule has 1 aliphatic rings. The minimum atomic E-state index is -3.21. The first-order valence-electron chi connectivity index (χ1n) is 6.11. The van der Waals surface area contributed by atoms with Crippen LogP contribution in [0.2, 0.25) is 0 Å². The van der Waals surface area contributed by atoms with Crippen LogP contribution in [0.5, 0.6) is 0 Å². The fraction of sp³-hybridized carbons (Fsp3) is 0.143. The van der Waals surface area contributed by atoms with E-state index in [0.29, 0.717) is 4.90 Å². The molecule has 1 atom stereocenters. The van der Waals surface area contributed by atoms with E-state index in [0.717, 1.165) is 24.7 Å². The quantitative estimate of drug-likeness (QED) is 0.643. The molecule has 21 heavy (non-hydrogen) atoms. The molecule has 2 aromatic rings. The maximum absolute atomic E-state index is 12.2. The second kappa shape index (κ2) is 5.68. The maximum Gasteiger partial charge on any atom is 0.181 e. The van der Waals surface area contributed by atoms with Gasteiger partial charge in [0, 0.05) is 13.4 Å². The van der Waals surface area contributed by atoms with E-state index in [9.17, 15) is 8.42 Å². The van der Waals surface area contributed by atoms with Gasteiger partial charge in [0.25, 0.3) is 0 Å². The molecule has 1 unspecified atom stereocenters. The van der Waals surface area contributed by atoms with Crippen LogP contribution in [0.4, 0.5) is 5.69 Å². The van der Waals surface area contributed by atoms with Crippen LogP contribution in [0.1, 0.15) is 11.6 Å². The van der Waals surface area contributed by atoms with E-state index in [1.54, 1.807) is 12.1 Å². The lowest BCUT2D eigenvalue weighted by Gasteiger charge is -2.17. The summed E-state index contributed by atoms with van der Waals surface area (Å²) in [5.74, 6) is 0.0707. The molecule has 3 rings (SSSR count). The molecule has 7 heteroatoms. The predicted molar refractivity (Wildman–Crippen MR) is 94.4 cm³/mol. The van der Waals surface area contributed by atoms with E-state index in [4.69, 9.17) is 0 Å². The number of sulfone groups is 1. The number of anilines is 1. The molecule has 2 aromatic carbocycles. The van der Waals surface area contributed by atoms with Gasteiger partial charge >= 0.3 is 0 Å². The fourth-order valence-electron chi connectivity index (χ4n) is 2.42. The van der Waals surface area contributed by atoms with Gasteiger partial charge in [-0.25, -0.2) is 8.42 Å². The van der Waals surface area contributed by atoms with Crippen molar-refractivity contribution in [1.29, 1.82) is 0 Å². The Kier molecular flexibility index (Phi) is 4.20. The minimum Gasteiger partial charge on any atom is -0.375 e. The number of rotatable bonds is 2. The van der Waals surface area contributed by atoms with Crippen LogP contribution >= 0.6 is 47.8 Å².